The molecule has 0 aromatic heterocycles. The normalized spacial score (nSPS) is 20.6. The molecule has 1 atom stereocenters. The minimum atomic E-state index is -0.352. The van der Waals surface area contributed by atoms with Crippen molar-refractivity contribution in [1.29, 1.82) is 0 Å². The fraction of sp³-hybridized carbons (Fsp3) is 0.579. The van der Waals surface area contributed by atoms with E-state index >= 15 is 0 Å². The lowest BCUT2D eigenvalue weighted by atomic mass is 10.1. The van der Waals surface area contributed by atoms with Crippen molar-refractivity contribution in [2.45, 2.75) is 31.7 Å². The van der Waals surface area contributed by atoms with Gasteiger partial charge in [-0.2, -0.15) is 0 Å². The van der Waals surface area contributed by atoms with E-state index in [1.165, 1.54) is 0 Å². The van der Waals surface area contributed by atoms with Crippen molar-refractivity contribution in [3.63, 3.8) is 0 Å². The second-order valence-corrected chi connectivity index (χ2v) is 6.69. The van der Waals surface area contributed by atoms with E-state index in [0.717, 1.165) is 43.8 Å². The molecule has 25 heavy (non-hydrogen) atoms. The first-order valence-electron chi connectivity index (χ1n) is 9.11. The number of methoxy groups -OCH3 is 1. The molecule has 2 aliphatic rings. The van der Waals surface area contributed by atoms with Gasteiger partial charge in [-0.25, -0.2) is 0 Å². The van der Waals surface area contributed by atoms with Gasteiger partial charge in [0.2, 0.25) is 11.8 Å². The summed E-state index contributed by atoms with van der Waals surface area (Å²) < 4.78 is 5.15. The molecule has 0 bridgehead atoms. The van der Waals surface area contributed by atoms with Crippen LogP contribution in [0, 0.1) is 0 Å². The van der Waals surface area contributed by atoms with Crippen molar-refractivity contribution < 1.29 is 14.3 Å². The largest absolute Gasteiger partial charge is 0.497 e. The lowest BCUT2D eigenvalue weighted by Crippen LogP contribution is -2.59. The van der Waals surface area contributed by atoms with Crippen LogP contribution < -0.4 is 10.1 Å². The van der Waals surface area contributed by atoms with Crippen LogP contribution in [-0.2, 0) is 16.0 Å². The Hall–Kier alpha value is -2.08. The Balaban J connectivity index is 1.58. The molecule has 0 aliphatic carbocycles. The van der Waals surface area contributed by atoms with Gasteiger partial charge in [0, 0.05) is 39.1 Å². The number of rotatable bonds is 5. The SMILES string of the molecule is COc1ccc(CCC(=O)N2CCNC[C@@H]2C(=O)N2CCCC2)cc1. The molecule has 1 aromatic carbocycles. The van der Waals surface area contributed by atoms with Crippen LogP contribution in [0.25, 0.3) is 0 Å². The first-order valence-corrected chi connectivity index (χ1v) is 9.11. The van der Waals surface area contributed by atoms with Crippen molar-refractivity contribution in [3.8, 4) is 5.75 Å². The second-order valence-electron chi connectivity index (χ2n) is 6.69. The van der Waals surface area contributed by atoms with E-state index in [2.05, 4.69) is 5.32 Å². The maximum atomic E-state index is 12.7. The van der Waals surface area contributed by atoms with Crippen LogP contribution >= 0.6 is 0 Å². The summed E-state index contributed by atoms with van der Waals surface area (Å²) in [5, 5.41) is 3.26. The van der Waals surface area contributed by atoms with Gasteiger partial charge < -0.3 is 19.9 Å². The quantitative estimate of drug-likeness (QED) is 0.867. The Morgan fingerprint density at radius 3 is 2.56 bits per heavy atom. The molecule has 2 amide bonds. The molecule has 2 fully saturated rings. The topological polar surface area (TPSA) is 61.9 Å². The fourth-order valence-electron chi connectivity index (χ4n) is 3.56. The van der Waals surface area contributed by atoms with E-state index in [1.54, 1.807) is 12.0 Å². The number of carbonyl (C=O) groups excluding carboxylic acids is 2. The lowest BCUT2D eigenvalue weighted by Gasteiger charge is -2.37. The Kier molecular flexibility index (Phi) is 5.91. The molecule has 6 nitrogen and oxygen atoms in total. The van der Waals surface area contributed by atoms with Gasteiger partial charge in [-0.05, 0) is 37.0 Å². The fourth-order valence-corrected chi connectivity index (χ4v) is 3.56. The molecule has 136 valence electrons. The van der Waals surface area contributed by atoms with E-state index in [1.807, 2.05) is 29.2 Å². The minimum Gasteiger partial charge on any atom is -0.497 e. The number of nitrogens with zero attached hydrogens (tertiary/aromatic N) is 2. The number of benzene rings is 1. The summed E-state index contributed by atoms with van der Waals surface area (Å²) in [7, 11) is 1.64. The highest BCUT2D eigenvalue weighted by Crippen LogP contribution is 2.16. The highest BCUT2D eigenvalue weighted by Gasteiger charge is 2.35. The number of amides is 2. The summed E-state index contributed by atoms with van der Waals surface area (Å²) in [5.41, 5.74) is 1.10. The van der Waals surface area contributed by atoms with Crippen molar-refractivity contribution in [3.05, 3.63) is 29.8 Å². The van der Waals surface area contributed by atoms with Crippen LogP contribution in [-0.4, -0.2) is 67.5 Å². The number of hydrogen-bond donors (Lipinski definition) is 1. The first-order chi connectivity index (χ1) is 12.2. The van der Waals surface area contributed by atoms with Crippen molar-refractivity contribution in [1.82, 2.24) is 15.1 Å². The van der Waals surface area contributed by atoms with E-state index in [-0.39, 0.29) is 17.9 Å². The summed E-state index contributed by atoms with van der Waals surface area (Å²) in [6, 6.07) is 7.43. The molecule has 1 N–H and O–H groups in total. The van der Waals surface area contributed by atoms with Crippen LogP contribution in [0.15, 0.2) is 24.3 Å². The summed E-state index contributed by atoms with van der Waals surface area (Å²) >= 11 is 0. The number of ether oxygens (including phenoxy) is 1. The zero-order valence-electron chi connectivity index (χ0n) is 14.9. The van der Waals surface area contributed by atoms with E-state index in [4.69, 9.17) is 4.74 Å². The molecule has 0 radical (unpaired) electrons. The third-order valence-electron chi connectivity index (χ3n) is 5.05. The average Bonchev–Trinajstić information content (AvgIpc) is 3.20. The molecular weight excluding hydrogens is 318 g/mol. The third kappa shape index (κ3) is 4.31. The van der Waals surface area contributed by atoms with Gasteiger partial charge in [0.15, 0.2) is 0 Å². The Morgan fingerprint density at radius 2 is 1.88 bits per heavy atom. The van der Waals surface area contributed by atoms with E-state index in [0.29, 0.717) is 25.9 Å². The molecule has 0 unspecified atom stereocenters. The van der Waals surface area contributed by atoms with Crippen LogP contribution in [0.3, 0.4) is 0 Å². The van der Waals surface area contributed by atoms with Gasteiger partial charge in [-0.1, -0.05) is 12.1 Å². The molecule has 6 heteroatoms. The predicted molar refractivity (Wildman–Crippen MR) is 95.5 cm³/mol. The van der Waals surface area contributed by atoms with Crippen LogP contribution in [0.4, 0.5) is 0 Å². The number of carbonyl (C=O) groups is 2. The number of piperazine rings is 1. The molecule has 2 saturated heterocycles. The number of hydrogen-bond acceptors (Lipinski definition) is 4. The summed E-state index contributed by atoms with van der Waals surface area (Å²) in [6.45, 7) is 3.56. The van der Waals surface area contributed by atoms with Crippen molar-refractivity contribution >= 4 is 11.8 Å². The molecule has 2 heterocycles. The van der Waals surface area contributed by atoms with Crippen molar-refractivity contribution in [2.75, 3.05) is 39.8 Å². The second kappa shape index (κ2) is 8.34. The molecule has 3 rings (SSSR count). The Bertz CT molecular complexity index is 596. The molecule has 2 aliphatic heterocycles. The predicted octanol–water partition coefficient (Wildman–Crippen LogP) is 1.05. The first kappa shape index (κ1) is 17.7. The zero-order chi connectivity index (χ0) is 17.6. The monoisotopic (exact) mass is 345 g/mol. The number of aryl methyl sites for hydroxylation is 1. The van der Waals surface area contributed by atoms with Gasteiger partial charge in [0.25, 0.3) is 0 Å². The van der Waals surface area contributed by atoms with E-state index < -0.39 is 0 Å². The highest BCUT2D eigenvalue weighted by molar-refractivity contribution is 5.88. The Labute approximate surface area is 149 Å². The van der Waals surface area contributed by atoms with Gasteiger partial charge in [0.05, 0.1) is 7.11 Å². The molecular formula is C19H27N3O3. The number of nitrogens with one attached hydrogen (secondary N) is 1. The highest BCUT2D eigenvalue weighted by atomic mass is 16.5. The maximum absolute atomic E-state index is 12.7. The number of likely N-dealkylation sites (tertiary alicyclic amines) is 1. The summed E-state index contributed by atoms with van der Waals surface area (Å²) in [5.74, 6) is 0.978. The zero-order valence-corrected chi connectivity index (χ0v) is 14.9. The minimum absolute atomic E-state index is 0.0647. The summed E-state index contributed by atoms with van der Waals surface area (Å²) in [6.07, 6.45) is 3.24. The molecule has 0 saturated carbocycles. The van der Waals surface area contributed by atoms with Gasteiger partial charge in [-0.3, -0.25) is 9.59 Å². The Morgan fingerprint density at radius 1 is 1.16 bits per heavy atom. The molecule has 1 aromatic rings. The van der Waals surface area contributed by atoms with Crippen LogP contribution in [0.2, 0.25) is 0 Å². The van der Waals surface area contributed by atoms with Gasteiger partial charge in [-0.15, -0.1) is 0 Å². The lowest BCUT2D eigenvalue weighted by molar-refractivity contribution is -0.146. The maximum Gasteiger partial charge on any atom is 0.246 e. The van der Waals surface area contributed by atoms with E-state index in [9.17, 15) is 9.59 Å². The smallest absolute Gasteiger partial charge is 0.246 e. The summed E-state index contributed by atoms with van der Waals surface area (Å²) in [4.78, 5) is 29.1. The third-order valence-corrected chi connectivity index (χ3v) is 5.05. The van der Waals surface area contributed by atoms with Gasteiger partial charge >= 0.3 is 0 Å². The average molecular weight is 345 g/mol. The van der Waals surface area contributed by atoms with Gasteiger partial charge in [0.1, 0.15) is 11.8 Å². The standard InChI is InChI=1S/C19H27N3O3/c1-25-16-7-4-15(5-8-16)6-9-18(23)22-13-10-20-14-17(22)19(24)21-11-2-3-12-21/h4-5,7-8,17,20H,2-3,6,9-14H2,1H3/t17-/m1/s1. The molecule has 0 spiro atoms. The van der Waals surface area contributed by atoms with Crippen LogP contribution in [0.5, 0.6) is 5.75 Å². The van der Waals surface area contributed by atoms with Crippen molar-refractivity contribution in [2.24, 2.45) is 0 Å². The van der Waals surface area contributed by atoms with Crippen LogP contribution in [0.1, 0.15) is 24.8 Å².